The standard InChI is InChI=1S/C14H26BrN3/c1-7-12-14(15)13(17(6)16-12)9-18(11(4)5)8-10(2)3/h10-11H,7-9H2,1-6H3. The van der Waals surface area contributed by atoms with Crippen LogP contribution in [0.3, 0.4) is 0 Å². The van der Waals surface area contributed by atoms with Gasteiger partial charge in [-0.25, -0.2) is 0 Å². The molecule has 0 aliphatic heterocycles. The van der Waals surface area contributed by atoms with Gasteiger partial charge in [0.1, 0.15) is 0 Å². The lowest BCUT2D eigenvalue weighted by Crippen LogP contribution is -2.34. The topological polar surface area (TPSA) is 21.1 Å². The van der Waals surface area contributed by atoms with Crippen molar-refractivity contribution in [1.82, 2.24) is 14.7 Å². The Morgan fingerprint density at radius 1 is 1.28 bits per heavy atom. The zero-order valence-electron chi connectivity index (χ0n) is 12.5. The lowest BCUT2D eigenvalue weighted by Gasteiger charge is -2.28. The first-order valence-electron chi connectivity index (χ1n) is 6.81. The normalized spacial score (nSPS) is 12.1. The van der Waals surface area contributed by atoms with Crippen LogP contribution < -0.4 is 0 Å². The number of nitrogens with zero attached hydrogens (tertiary/aromatic N) is 3. The molecule has 0 N–H and O–H groups in total. The van der Waals surface area contributed by atoms with Crippen molar-refractivity contribution in [2.24, 2.45) is 13.0 Å². The predicted molar refractivity (Wildman–Crippen MR) is 80.7 cm³/mol. The van der Waals surface area contributed by atoms with Crippen molar-refractivity contribution in [2.45, 2.75) is 53.6 Å². The molecule has 1 aromatic heterocycles. The van der Waals surface area contributed by atoms with E-state index >= 15 is 0 Å². The van der Waals surface area contributed by atoms with Gasteiger partial charge in [0.15, 0.2) is 0 Å². The fourth-order valence-corrected chi connectivity index (χ4v) is 2.85. The van der Waals surface area contributed by atoms with Gasteiger partial charge in [0.05, 0.1) is 15.9 Å². The van der Waals surface area contributed by atoms with Gasteiger partial charge in [0, 0.05) is 26.2 Å². The third kappa shape index (κ3) is 3.82. The summed E-state index contributed by atoms with van der Waals surface area (Å²) in [6, 6.07) is 0.555. The van der Waals surface area contributed by atoms with Gasteiger partial charge in [0.2, 0.25) is 0 Å². The maximum Gasteiger partial charge on any atom is 0.0767 e. The largest absolute Gasteiger partial charge is 0.295 e. The third-order valence-corrected chi connectivity index (χ3v) is 4.10. The maximum atomic E-state index is 4.56. The third-order valence-electron chi connectivity index (χ3n) is 3.19. The van der Waals surface area contributed by atoms with Crippen LogP contribution in [0.5, 0.6) is 0 Å². The van der Waals surface area contributed by atoms with Crippen LogP contribution in [0.1, 0.15) is 46.0 Å². The average molecular weight is 316 g/mol. The Bertz CT molecular complexity index is 383. The fourth-order valence-electron chi connectivity index (χ4n) is 2.11. The number of aryl methyl sites for hydroxylation is 2. The average Bonchev–Trinajstić information content (AvgIpc) is 2.54. The molecule has 3 nitrogen and oxygen atoms in total. The summed E-state index contributed by atoms with van der Waals surface area (Å²) in [7, 11) is 2.03. The zero-order valence-corrected chi connectivity index (χ0v) is 14.1. The van der Waals surface area contributed by atoms with E-state index < -0.39 is 0 Å². The molecule has 1 heterocycles. The summed E-state index contributed by atoms with van der Waals surface area (Å²) < 4.78 is 3.19. The summed E-state index contributed by atoms with van der Waals surface area (Å²) in [6.07, 6.45) is 0.973. The fraction of sp³-hybridized carbons (Fsp3) is 0.786. The van der Waals surface area contributed by atoms with Gasteiger partial charge >= 0.3 is 0 Å². The van der Waals surface area contributed by atoms with E-state index in [9.17, 15) is 0 Å². The minimum Gasteiger partial charge on any atom is -0.295 e. The first-order chi connectivity index (χ1) is 8.36. The molecule has 0 fully saturated rings. The van der Waals surface area contributed by atoms with E-state index in [4.69, 9.17) is 0 Å². The lowest BCUT2D eigenvalue weighted by molar-refractivity contribution is 0.184. The molecule has 0 aromatic carbocycles. The van der Waals surface area contributed by atoms with Crippen LogP contribution in [0.25, 0.3) is 0 Å². The molecule has 18 heavy (non-hydrogen) atoms. The summed E-state index contributed by atoms with van der Waals surface area (Å²) in [5.41, 5.74) is 2.43. The molecule has 0 amide bonds. The lowest BCUT2D eigenvalue weighted by atomic mass is 10.1. The van der Waals surface area contributed by atoms with Crippen molar-refractivity contribution in [3.8, 4) is 0 Å². The van der Waals surface area contributed by atoms with Crippen LogP contribution in [0.2, 0.25) is 0 Å². The van der Waals surface area contributed by atoms with Crippen LogP contribution in [0, 0.1) is 5.92 Å². The number of rotatable bonds is 6. The summed E-state index contributed by atoms with van der Waals surface area (Å²) >= 11 is 3.70. The molecular weight excluding hydrogens is 290 g/mol. The molecule has 4 heteroatoms. The molecule has 0 saturated carbocycles. The van der Waals surface area contributed by atoms with Gasteiger partial charge in [-0.3, -0.25) is 9.58 Å². The van der Waals surface area contributed by atoms with Crippen LogP contribution in [0.15, 0.2) is 4.47 Å². The Kier molecular flexibility index (Phi) is 5.86. The SMILES string of the molecule is CCc1nn(C)c(CN(CC(C)C)C(C)C)c1Br. The summed E-state index contributed by atoms with van der Waals surface area (Å²) in [6.45, 7) is 13.3. The summed E-state index contributed by atoms with van der Waals surface area (Å²) in [5, 5.41) is 4.56. The summed E-state index contributed by atoms with van der Waals surface area (Å²) in [5.74, 6) is 0.685. The second-order valence-electron chi connectivity index (χ2n) is 5.60. The highest BCUT2D eigenvalue weighted by molar-refractivity contribution is 9.10. The Morgan fingerprint density at radius 3 is 2.28 bits per heavy atom. The van der Waals surface area contributed by atoms with Gasteiger partial charge in [-0.2, -0.15) is 5.10 Å². The van der Waals surface area contributed by atoms with E-state index in [1.165, 1.54) is 10.2 Å². The molecule has 0 saturated heterocycles. The van der Waals surface area contributed by atoms with Gasteiger partial charge in [-0.1, -0.05) is 20.8 Å². The maximum absolute atomic E-state index is 4.56. The first-order valence-corrected chi connectivity index (χ1v) is 7.60. The highest BCUT2D eigenvalue weighted by Gasteiger charge is 2.18. The van der Waals surface area contributed by atoms with Crippen LogP contribution in [0.4, 0.5) is 0 Å². The van der Waals surface area contributed by atoms with E-state index in [2.05, 4.69) is 60.5 Å². The number of halogens is 1. The van der Waals surface area contributed by atoms with Crippen LogP contribution >= 0.6 is 15.9 Å². The molecule has 104 valence electrons. The molecular formula is C14H26BrN3. The van der Waals surface area contributed by atoms with Crippen molar-refractivity contribution < 1.29 is 0 Å². The highest BCUT2D eigenvalue weighted by atomic mass is 79.9. The minimum atomic E-state index is 0.555. The second kappa shape index (κ2) is 6.71. The smallest absolute Gasteiger partial charge is 0.0767 e. The van der Waals surface area contributed by atoms with Crippen molar-refractivity contribution in [3.05, 3.63) is 15.9 Å². The van der Waals surface area contributed by atoms with Gasteiger partial charge in [0.25, 0.3) is 0 Å². The highest BCUT2D eigenvalue weighted by Crippen LogP contribution is 2.23. The first kappa shape index (κ1) is 15.7. The van der Waals surface area contributed by atoms with Crippen molar-refractivity contribution in [3.63, 3.8) is 0 Å². The Hall–Kier alpha value is -0.350. The van der Waals surface area contributed by atoms with Crippen molar-refractivity contribution in [1.29, 1.82) is 0 Å². The Balaban J connectivity index is 2.90. The van der Waals surface area contributed by atoms with E-state index in [1.54, 1.807) is 0 Å². The van der Waals surface area contributed by atoms with E-state index in [0.717, 1.165) is 25.2 Å². The molecule has 0 bridgehead atoms. The minimum absolute atomic E-state index is 0.555. The number of hydrogen-bond donors (Lipinski definition) is 0. The van der Waals surface area contributed by atoms with E-state index in [-0.39, 0.29) is 0 Å². The molecule has 0 aliphatic carbocycles. The van der Waals surface area contributed by atoms with Crippen molar-refractivity contribution >= 4 is 15.9 Å². The Labute approximate surface area is 120 Å². The molecule has 1 rings (SSSR count). The molecule has 0 unspecified atom stereocenters. The Morgan fingerprint density at radius 2 is 1.89 bits per heavy atom. The number of aromatic nitrogens is 2. The van der Waals surface area contributed by atoms with Gasteiger partial charge in [-0.05, 0) is 42.1 Å². The van der Waals surface area contributed by atoms with Gasteiger partial charge in [-0.15, -0.1) is 0 Å². The van der Waals surface area contributed by atoms with Crippen LogP contribution in [-0.4, -0.2) is 27.3 Å². The van der Waals surface area contributed by atoms with E-state index in [0.29, 0.717) is 12.0 Å². The monoisotopic (exact) mass is 315 g/mol. The molecule has 1 aromatic rings. The van der Waals surface area contributed by atoms with E-state index in [1.807, 2.05) is 11.7 Å². The molecule has 0 aliphatic rings. The van der Waals surface area contributed by atoms with Crippen molar-refractivity contribution in [2.75, 3.05) is 6.54 Å². The predicted octanol–water partition coefficient (Wildman–Crippen LogP) is 3.61. The summed E-state index contributed by atoms with van der Waals surface area (Å²) in [4.78, 5) is 2.51. The molecule has 0 radical (unpaired) electrons. The number of hydrogen-bond acceptors (Lipinski definition) is 2. The second-order valence-corrected chi connectivity index (χ2v) is 6.39. The molecule has 0 atom stereocenters. The van der Waals surface area contributed by atoms with Crippen LogP contribution in [-0.2, 0) is 20.0 Å². The quantitative estimate of drug-likeness (QED) is 0.799. The van der Waals surface area contributed by atoms with Gasteiger partial charge < -0.3 is 0 Å². The zero-order chi connectivity index (χ0) is 13.9. The molecule has 0 spiro atoms.